The first-order valence-corrected chi connectivity index (χ1v) is 11.7. The Bertz CT molecular complexity index is 1230. The highest BCUT2D eigenvalue weighted by Crippen LogP contribution is 2.27. The summed E-state index contributed by atoms with van der Waals surface area (Å²) < 4.78 is 33.2. The third-order valence-electron chi connectivity index (χ3n) is 4.20. The molecule has 0 heterocycles. The minimum atomic E-state index is -3.91. The highest BCUT2D eigenvalue weighted by Gasteiger charge is 2.17. The number of benzene rings is 3. The molecule has 0 atom stereocenters. The normalized spacial score (nSPS) is 10.9. The van der Waals surface area contributed by atoms with Crippen molar-refractivity contribution in [2.75, 3.05) is 22.9 Å². The predicted octanol–water partition coefficient (Wildman–Crippen LogP) is 4.14. The van der Waals surface area contributed by atoms with Crippen LogP contribution in [0.1, 0.15) is 0 Å². The fraction of sp³-hybridized carbons (Fsp3) is 0.0952. The van der Waals surface area contributed by atoms with Crippen molar-refractivity contribution in [2.24, 2.45) is 0 Å². The molecule has 0 aliphatic heterocycles. The zero-order valence-electron chi connectivity index (χ0n) is 16.8. The second kappa shape index (κ2) is 10.2. The Hall–Kier alpha value is -3.57. The van der Waals surface area contributed by atoms with Crippen LogP contribution in [0.25, 0.3) is 0 Å². The van der Waals surface area contributed by atoms with Crippen molar-refractivity contribution in [3.05, 3.63) is 82.9 Å². The largest absolute Gasteiger partial charge is 0.495 e. The standard InChI is InChI=1S/C21H19N3O6S2/c1-30-20-8-3-2-7-19(20)23-32(28,29)18-6-4-5-15(13-18)22-21(25)14-31-17-11-9-16(10-12-17)24(26)27/h2-13,23H,14H2,1H3,(H,22,25). The highest BCUT2D eigenvalue weighted by molar-refractivity contribution is 8.00. The zero-order valence-corrected chi connectivity index (χ0v) is 18.5. The van der Waals surface area contributed by atoms with E-state index in [1.165, 1.54) is 49.2 Å². The first-order valence-electron chi connectivity index (χ1n) is 9.21. The van der Waals surface area contributed by atoms with Crippen LogP contribution in [-0.4, -0.2) is 32.1 Å². The van der Waals surface area contributed by atoms with Crippen molar-refractivity contribution < 1.29 is 22.9 Å². The van der Waals surface area contributed by atoms with Gasteiger partial charge in [0.2, 0.25) is 5.91 Å². The van der Waals surface area contributed by atoms with E-state index in [4.69, 9.17) is 4.74 Å². The minimum absolute atomic E-state index is 0.0239. The topological polar surface area (TPSA) is 128 Å². The summed E-state index contributed by atoms with van der Waals surface area (Å²) in [6.07, 6.45) is 0. The first kappa shape index (κ1) is 23.1. The summed E-state index contributed by atoms with van der Waals surface area (Å²) in [5, 5.41) is 13.4. The number of nitrogens with one attached hydrogen (secondary N) is 2. The lowest BCUT2D eigenvalue weighted by Crippen LogP contribution is -2.16. The lowest BCUT2D eigenvalue weighted by atomic mass is 10.3. The number of carbonyl (C=O) groups excluding carboxylic acids is 1. The van der Waals surface area contributed by atoms with Gasteiger partial charge in [0.1, 0.15) is 5.75 Å². The van der Waals surface area contributed by atoms with E-state index in [0.717, 1.165) is 0 Å². The lowest BCUT2D eigenvalue weighted by molar-refractivity contribution is -0.384. The second-order valence-corrected chi connectivity index (χ2v) is 9.15. The number of nitro groups is 1. The maximum atomic E-state index is 12.8. The Morgan fingerprint density at radius 2 is 1.78 bits per heavy atom. The maximum absolute atomic E-state index is 12.8. The quantitative estimate of drug-likeness (QED) is 0.272. The number of nitro benzene ring substituents is 1. The fourth-order valence-corrected chi connectivity index (χ4v) is 4.50. The summed E-state index contributed by atoms with van der Waals surface area (Å²) in [5.74, 6) is 0.0817. The highest BCUT2D eigenvalue weighted by atomic mass is 32.2. The summed E-state index contributed by atoms with van der Waals surface area (Å²) in [6.45, 7) is 0. The van der Waals surface area contributed by atoms with Crippen molar-refractivity contribution in [3.8, 4) is 5.75 Å². The molecular weight excluding hydrogens is 454 g/mol. The van der Waals surface area contributed by atoms with Gasteiger partial charge in [-0.1, -0.05) is 18.2 Å². The number of carbonyl (C=O) groups is 1. The number of nitrogens with zero attached hydrogens (tertiary/aromatic N) is 1. The van der Waals surface area contributed by atoms with E-state index in [-0.39, 0.29) is 22.2 Å². The number of para-hydroxylation sites is 2. The van der Waals surface area contributed by atoms with Gasteiger partial charge in [-0.05, 0) is 42.5 Å². The summed E-state index contributed by atoms with van der Waals surface area (Å²) in [7, 11) is -2.47. The van der Waals surface area contributed by atoms with E-state index < -0.39 is 14.9 Å². The fourth-order valence-electron chi connectivity index (χ4n) is 2.68. The van der Waals surface area contributed by atoms with E-state index in [1.807, 2.05) is 0 Å². The molecule has 3 aromatic rings. The molecule has 0 radical (unpaired) electrons. The van der Waals surface area contributed by atoms with E-state index in [1.54, 1.807) is 42.5 Å². The van der Waals surface area contributed by atoms with E-state index in [0.29, 0.717) is 22.0 Å². The number of thioether (sulfide) groups is 1. The number of non-ortho nitro benzene ring substituents is 1. The number of methoxy groups -OCH3 is 1. The molecule has 0 aromatic heterocycles. The monoisotopic (exact) mass is 473 g/mol. The number of anilines is 2. The summed E-state index contributed by atoms with van der Waals surface area (Å²) in [6, 6.07) is 18.3. The molecule has 0 saturated heterocycles. The number of amides is 1. The Morgan fingerprint density at radius 1 is 1.06 bits per heavy atom. The second-order valence-electron chi connectivity index (χ2n) is 6.42. The summed E-state index contributed by atoms with van der Waals surface area (Å²) >= 11 is 1.20. The predicted molar refractivity (Wildman–Crippen MR) is 123 cm³/mol. The summed E-state index contributed by atoms with van der Waals surface area (Å²) in [5.41, 5.74) is 0.588. The molecule has 32 heavy (non-hydrogen) atoms. The van der Waals surface area contributed by atoms with Crippen molar-refractivity contribution in [2.45, 2.75) is 9.79 Å². The molecule has 0 bridgehead atoms. The van der Waals surface area contributed by atoms with Crippen LogP contribution in [0.5, 0.6) is 5.75 Å². The first-order chi connectivity index (χ1) is 15.3. The van der Waals surface area contributed by atoms with Crippen LogP contribution in [0.15, 0.2) is 82.6 Å². The third kappa shape index (κ3) is 5.99. The Morgan fingerprint density at radius 3 is 2.47 bits per heavy atom. The smallest absolute Gasteiger partial charge is 0.269 e. The Kier molecular flexibility index (Phi) is 7.33. The van der Waals surface area contributed by atoms with Crippen LogP contribution in [0.2, 0.25) is 0 Å². The lowest BCUT2D eigenvalue weighted by Gasteiger charge is -2.12. The van der Waals surface area contributed by atoms with Crippen molar-refractivity contribution in [1.29, 1.82) is 0 Å². The molecule has 0 saturated carbocycles. The van der Waals surface area contributed by atoms with Gasteiger partial charge in [0.05, 0.1) is 28.4 Å². The van der Waals surface area contributed by atoms with Gasteiger partial charge in [-0.2, -0.15) is 0 Å². The molecule has 0 aliphatic rings. The van der Waals surface area contributed by atoms with Crippen LogP contribution in [-0.2, 0) is 14.8 Å². The molecule has 9 nitrogen and oxygen atoms in total. The Balaban J connectivity index is 1.64. The molecule has 3 aromatic carbocycles. The average molecular weight is 474 g/mol. The molecule has 0 aliphatic carbocycles. The van der Waals surface area contributed by atoms with Gasteiger partial charge >= 0.3 is 0 Å². The Labute approximate surface area is 189 Å². The van der Waals surface area contributed by atoms with Gasteiger partial charge in [0.15, 0.2) is 0 Å². The van der Waals surface area contributed by atoms with Crippen LogP contribution in [0.4, 0.5) is 17.1 Å². The zero-order chi connectivity index (χ0) is 23.1. The van der Waals surface area contributed by atoms with E-state index >= 15 is 0 Å². The summed E-state index contributed by atoms with van der Waals surface area (Å²) in [4.78, 5) is 23.1. The molecule has 11 heteroatoms. The van der Waals surface area contributed by atoms with Crippen LogP contribution in [0.3, 0.4) is 0 Å². The third-order valence-corrected chi connectivity index (χ3v) is 6.57. The van der Waals surface area contributed by atoms with Crippen molar-refractivity contribution in [3.63, 3.8) is 0 Å². The number of rotatable bonds is 9. The molecular formula is C21H19N3O6S2. The molecule has 0 spiro atoms. The van der Waals surface area contributed by atoms with Crippen LogP contribution < -0.4 is 14.8 Å². The average Bonchev–Trinajstić information content (AvgIpc) is 2.78. The minimum Gasteiger partial charge on any atom is -0.495 e. The van der Waals surface area contributed by atoms with Crippen LogP contribution >= 0.6 is 11.8 Å². The van der Waals surface area contributed by atoms with Gasteiger partial charge < -0.3 is 10.1 Å². The van der Waals surface area contributed by atoms with Gasteiger partial charge in [0.25, 0.3) is 15.7 Å². The van der Waals surface area contributed by atoms with Crippen molar-refractivity contribution in [1.82, 2.24) is 0 Å². The molecule has 0 fully saturated rings. The SMILES string of the molecule is COc1ccccc1NS(=O)(=O)c1cccc(NC(=O)CSc2ccc([N+](=O)[O-])cc2)c1. The van der Waals surface area contributed by atoms with Gasteiger partial charge in [-0.15, -0.1) is 11.8 Å². The van der Waals surface area contributed by atoms with Gasteiger partial charge in [0, 0.05) is 22.7 Å². The van der Waals surface area contributed by atoms with Gasteiger partial charge in [-0.3, -0.25) is 19.6 Å². The number of sulfonamides is 1. The molecule has 2 N–H and O–H groups in total. The van der Waals surface area contributed by atoms with E-state index in [9.17, 15) is 23.3 Å². The molecule has 3 rings (SSSR count). The maximum Gasteiger partial charge on any atom is 0.269 e. The van der Waals surface area contributed by atoms with Gasteiger partial charge in [-0.25, -0.2) is 8.42 Å². The van der Waals surface area contributed by atoms with Crippen molar-refractivity contribution >= 4 is 44.8 Å². The molecule has 0 unspecified atom stereocenters. The molecule has 1 amide bonds. The molecule has 166 valence electrons. The number of hydrogen-bond donors (Lipinski definition) is 2. The number of hydrogen-bond acceptors (Lipinski definition) is 7. The van der Waals surface area contributed by atoms with E-state index in [2.05, 4.69) is 10.0 Å². The van der Waals surface area contributed by atoms with Crippen LogP contribution in [0, 0.1) is 10.1 Å². The number of ether oxygens (including phenoxy) is 1.